The van der Waals surface area contributed by atoms with Crippen molar-refractivity contribution in [3.8, 4) is 11.5 Å². The molecule has 0 spiro atoms. The van der Waals surface area contributed by atoms with Gasteiger partial charge in [-0.25, -0.2) is 0 Å². The molecule has 3 aromatic carbocycles. The molecule has 1 aliphatic heterocycles. The van der Waals surface area contributed by atoms with Gasteiger partial charge in [-0.1, -0.05) is 72.8 Å². The molecule has 0 saturated carbocycles. The highest BCUT2D eigenvalue weighted by Gasteiger charge is 2.25. The van der Waals surface area contributed by atoms with Gasteiger partial charge in [-0.05, 0) is 22.8 Å². The first-order valence-corrected chi connectivity index (χ1v) is 8.02. The Balaban J connectivity index is 1.98. The van der Waals surface area contributed by atoms with Crippen molar-refractivity contribution >= 4 is 11.1 Å². The number of hydrogen-bond acceptors (Lipinski definition) is 2. The maximum atomic E-state index is 5.97. The van der Waals surface area contributed by atoms with Gasteiger partial charge in [-0.15, -0.1) is 0 Å². The molecule has 0 unspecified atom stereocenters. The zero-order valence-corrected chi connectivity index (χ0v) is 13.5. The van der Waals surface area contributed by atoms with E-state index in [-0.39, 0.29) is 0 Å². The highest BCUT2D eigenvalue weighted by molar-refractivity contribution is 6.01. The highest BCUT2D eigenvalue weighted by atomic mass is 16.5. The van der Waals surface area contributed by atoms with Crippen molar-refractivity contribution in [1.82, 2.24) is 0 Å². The molecule has 24 heavy (non-hydrogen) atoms. The summed E-state index contributed by atoms with van der Waals surface area (Å²) < 4.78 is 11.4. The van der Waals surface area contributed by atoms with Crippen molar-refractivity contribution in [3.05, 3.63) is 95.6 Å². The third-order valence-corrected chi connectivity index (χ3v) is 4.31. The summed E-state index contributed by atoms with van der Waals surface area (Å²) in [7, 11) is 1.68. The minimum Gasteiger partial charge on any atom is -0.493 e. The normalized spacial score (nSPS) is 12.5. The highest BCUT2D eigenvalue weighted by Crippen LogP contribution is 2.44. The van der Waals surface area contributed by atoms with Crippen LogP contribution >= 0.6 is 0 Å². The molecule has 4 rings (SSSR count). The second-order valence-corrected chi connectivity index (χ2v) is 5.71. The molecule has 118 valence electrons. The van der Waals surface area contributed by atoms with E-state index in [0.717, 1.165) is 17.1 Å². The zero-order valence-electron chi connectivity index (χ0n) is 13.5. The van der Waals surface area contributed by atoms with Gasteiger partial charge in [0.1, 0.15) is 6.61 Å². The molecule has 0 N–H and O–H groups in total. The Kier molecular flexibility index (Phi) is 3.80. The molecule has 0 aromatic heterocycles. The van der Waals surface area contributed by atoms with Gasteiger partial charge in [0.2, 0.25) is 0 Å². The number of para-hydroxylation sites is 1. The lowest BCUT2D eigenvalue weighted by molar-refractivity contribution is 0.343. The van der Waals surface area contributed by atoms with Gasteiger partial charge in [0.05, 0.1) is 7.11 Å². The molecular formula is C22H18O2. The SMILES string of the molecule is COc1cccc2c1OCC2=C(c1ccccc1)c1ccccc1. The minimum absolute atomic E-state index is 0.550. The Bertz CT molecular complexity index is 839. The summed E-state index contributed by atoms with van der Waals surface area (Å²) in [5.41, 5.74) is 5.90. The monoisotopic (exact) mass is 314 g/mol. The standard InChI is InChI=1S/C22H18O2/c1-23-20-14-8-13-18-19(15-24-22(18)20)21(16-9-4-2-5-10-16)17-11-6-3-7-12-17/h2-14H,15H2,1H3. The molecule has 0 bridgehead atoms. The van der Waals surface area contributed by atoms with Crippen LogP contribution in [0.5, 0.6) is 11.5 Å². The van der Waals surface area contributed by atoms with Gasteiger partial charge >= 0.3 is 0 Å². The molecular weight excluding hydrogens is 296 g/mol. The van der Waals surface area contributed by atoms with Crippen LogP contribution in [0.4, 0.5) is 0 Å². The van der Waals surface area contributed by atoms with E-state index >= 15 is 0 Å². The molecule has 0 fully saturated rings. The molecule has 3 aromatic rings. The molecule has 0 radical (unpaired) electrons. The number of methoxy groups -OCH3 is 1. The van der Waals surface area contributed by atoms with Crippen LogP contribution < -0.4 is 9.47 Å². The average molecular weight is 314 g/mol. The van der Waals surface area contributed by atoms with E-state index in [1.807, 2.05) is 24.3 Å². The van der Waals surface area contributed by atoms with Gasteiger partial charge in [0.15, 0.2) is 11.5 Å². The Morgan fingerprint density at radius 3 is 2.00 bits per heavy atom. The minimum atomic E-state index is 0.550. The maximum Gasteiger partial charge on any atom is 0.169 e. The topological polar surface area (TPSA) is 18.5 Å². The molecule has 0 amide bonds. The predicted octanol–water partition coefficient (Wildman–Crippen LogP) is 5.05. The summed E-state index contributed by atoms with van der Waals surface area (Å²) in [5.74, 6) is 1.61. The van der Waals surface area contributed by atoms with Crippen LogP contribution in [0.1, 0.15) is 16.7 Å². The van der Waals surface area contributed by atoms with Crippen molar-refractivity contribution in [2.24, 2.45) is 0 Å². The van der Waals surface area contributed by atoms with Crippen LogP contribution in [-0.4, -0.2) is 13.7 Å². The molecule has 0 atom stereocenters. The average Bonchev–Trinajstić information content (AvgIpc) is 3.08. The number of benzene rings is 3. The predicted molar refractivity (Wildman–Crippen MR) is 97.3 cm³/mol. The first kappa shape index (κ1) is 14.6. The summed E-state index contributed by atoms with van der Waals surface area (Å²) in [4.78, 5) is 0. The van der Waals surface area contributed by atoms with Crippen LogP contribution in [0.3, 0.4) is 0 Å². The van der Waals surface area contributed by atoms with Crippen LogP contribution in [-0.2, 0) is 0 Å². The number of hydrogen-bond donors (Lipinski definition) is 0. The largest absolute Gasteiger partial charge is 0.493 e. The number of rotatable bonds is 3. The second-order valence-electron chi connectivity index (χ2n) is 5.71. The summed E-state index contributed by atoms with van der Waals surface area (Å²) in [6.45, 7) is 0.550. The zero-order chi connectivity index (χ0) is 16.4. The Labute approximate surface area is 142 Å². The van der Waals surface area contributed by atoms with E-state index < -0.39 is 0 Å². The summed E-state index contributed by atoms with van der Waals surface area (Å²) >= 11 is 0. The van der Waals surface area contributed by atoms with Crippen LogP contribution in [0.2, 0.25) is 0 Å². The quantitative estimate of drug-likeness (QED) is 0.674. The van der Waals surface area contributed by atoms with E-state index in [1.165, 1.54) is 22.3 Å². The lowest BCUT2D eigenvalue weighted by Crippen LogP contribution is -1.96. The van der Waals surface area contributed by atoms with E-state index in [4.69, 9.17) is 9.47 Å². The van der Waals surface area contributed by atoms with Crippen molar-refractivity contribution in [1.29, 1.82) is 0 Å². The molecule has 2 nitrogen and oxygen atoms in total. The third-order valence-electron chi connectivity index (χ3n) is 4.31. The van der Waals surface area contributed by atoms with Gasteiger partial charge in [-0.2, -0.15) is 0 Å². The molecule has 1 aliphatic rings. The number of ether oxygens (including phenoxy) is 2. The molecule has 1 heterocycles. The fourth-order valence-corrected chi connectivity index (χ4v) is 3.22. The third kappa shape index (κ3) is 2.46. The van der Waals surface area contributed by atoms with Crippen molar-refractivity contribution in [3.63, 3.8) is 0 Å². The van der Waals surface area contributed by atoms with E-state index in [0.29, 0.717) is 6.61 Å². The Hall–Kier alpha value is -3.00. The lowest BCUT2D eigenvalue weighted by atomic mass is 9.90. The van der Waals surface area contributed by atoms with E-state index in [2.05, 4.69) is 54.6 Å². The van der Waals surface area contributed by atoms with Crippen LogP contribution in [0.25, 0.3) is 11.1 Å². The van der Waals surface area contributed by atoms with Crippen LogP contribution in [0, 0.1) is 0 Å². The first-order chi connectivity index (χ1) is 11.9. The van der Waals surface area contributed by atoms with Gasteiger partial charge < -0.3 is 9.47 Å². The molecule has 0 aliphatic carbocycles. The lowest BCUT2D eigenvalue weighted by Gasteiger charge is -2.12. The summed E-state index contributed by atoms with van der Waals surface area (Å²) in [6, 6.07) is 27.0. The van der Waals surface area contributed by atoms with Gasteiger partial charge in [0, 0.05) is 11.1 Å². The fraction of sp³-hybridized carbons (Fsp3) is 0.0909. The molecule has 2 heteroatoms. The van der Waals surface area contributed by atoms with Crippen molar-refractivity contribution < 1.29 is 9.47 Å². The van der Waals surface area contributed by atoms with Crippen molar-refractivity contribution in [2.45, 2.75) is 0 Å². The van der Waals surface area contributed by atoms with Gasteiger partial charge in [0.25, 0.3) is 0 Å². The van der Waals surface area contributed by atoms with E-state index in [9.17, 15) is 0 Å². The van der Waals surface area contributed by atoms with Gasteiger partial charge in [-0.3, -0.25) is 0 Å². The van der Waals surface area contributed by atoms with Crippen LogP contribution in [0.15, 0.2) is 78.9 Å². The second kappa shape index (κ2) is 6.25. The summed E-state index contributed by atoms with van der Waals surface area (Å²) in [6.07, 6.45) is 0. The van der Waals surface area contributed by atoms with E-state index in [1.54, 1.807) is 7.11 Å². The number of fused-ring (bicyclic) bond motifs is 1. The smallest absolute Gasteiger partial charge is 0.169 e. The first-order valence-electron chi connectivity index (χ1n) is 8.02. The molecule has 0 saturated heterocycles. The summed E-state index contributed by atoms with van der Waals surface area (Å²) in [5, 5.41) is 0. The Morgan fingerprint density at radius 1 is 0.792 bits per heavy atom. The Morgan fingerprint density at radius 2 is 1.42 bits per heavy atom. The maximum absolute atomic E-state index is 5.97. The van der Waals surface area contributed by atoms with Crippen molar-refractivity contribution in [2.75, 3.05) is 13.7 Å². The fourth-order valence-electron chi connectivity index (χ4n) is 3.22.